The maximum atomic E-state index is 13.4. The summed E-state index contributed by atoms with van der Waals surface area (Å²) in [5, 5.41) is 2.85. The van der Waals surface area contributed by atoms with Crippen LogP contribution in [0.1, 0.15) is 67.6 Å². The molecule has 33 heavy (non-hydrogen) atoms. The Morgan fingerprint density at radius 3 is 2.88 bits per heavy atom. The van der Waals surface area contributed by atoms with E-state index in [1.165, 1.54) is 0 Å². The molecular weight excluding hydrogens is 418 g/mol. The number of amides is 2. The second-order valence-electron chi connectivity index (χ2n) is 8.65. The van der Waals surface area contributed by atoms with Gasteiger partial charge in [0.15, 0.2) is 0 Å². The first kappa shape index (κ1) is 21.2. The number of rotatable bonds is 4. The van der Waals surface area contributed by atoms with Crippen LogP contribution in [0.3, 0.4) is 0 Å². The topological polar surface area (TPSA) is 114 Å². The first-order valence-corrected chi connectivity index (χ1v) is 11.4. The lowest BCUT2D eigenvalue weighted by molar-refractivity contribution is 0.0730. The number of hydrogen-bond acceptors (Lipinski definition) is 6. The molecule has 4 heterocycles. The molecule has 0 fully saturated rings. The fourth-order valence-corrected chi connectivity index (χ4v) is 4.75. The van der Waals surface area contributed by atoms with Gasteiger partial charge in [0.05, 0.1) is 23.4 Å². The van der Waals surface area contributed by atoms with Crippen molar-refractivity contribution in [3.05, 3.63) is 75.6 Å². The molecule has 0 unspecified atom stereocenters. The van der Waals surface area contributed by atoms with Gasteiger partial charge in [-0.25, -0.2) is 4.98 Å². The van der Waals surface area contributed by atoms with Crippen molar-refractivity contribution in [1.82, 2.24) is 20.2 Å². The number of nitrogens with one attached hydrogen (secondary N) is 1. The number of furan rings is 1. The van der Waals surface area contributed by atoms with Gasteiger partial charge >= 0.3 is 0 Å². The van der Waals surface area contributed by atoms with Gasteiger partial charge in [0, 0.05) is 43.4 Å². The number of carbonyl (C=O) groups excluding carboxylic acids is 2. The van der Waals surface area contributed by atoms with Crippen molar-refractivity contribution in [2.24, 2.45) is 0 Å². The second kappa shape index (κ2) is 8.69. The number of aromatic nitrogens is 2. The highest BCUT2D eigenvalue weighted by atomic mass is 16.3. The lowest BCUT2D eigenvalue weighted by atomic mass is 9.93. The van der Waals surface area contributed by atoms with E-state index in [0.717, 1.165) is 54.0 Å². The minimum absolute atomic E-state index is 0.0111. The van der Waals surface area contributed by atoms with Gasteiger partial charge in [-0.3, -0.25) is 14.6 Å². The zero-order chi connectivity index (χ0) is 22.9. The van der Waals surface area contributed by atoms with Gasteiger partial charge in [0.25, 0.3) is 11.8 Å². The molecule has 0 atom stereocenters. The Bertz CT molecular complexity index is 1220. The molecule has 0 aromatic carbocycles. The fraction of sp³-hybridized carbons (Fsp3) is 0.360. The molecule has 8 heteroatoms. The molecular formula is C25H27N5O3. The number of nitrogens with zero attached hydrogens (tertiary/aromatic N) is 3. The molecule has 170 valence electrons. The Balaban J connectivity index is 1.35. The van der Waals surface area contributed by atoms with E-state index in [1.54, 1.807) is 12.3 Å². The fourth-order valence-electron chi connectivity index (χ4n) is 4.75. The number of nitrogens with two attached hydrogens (primary N) is 1. The smallest absolute Gasteiger partial charge is 0.257 e. The van der Waals surface area contributed by atoms with Crippen molar-refractivity contribution in [2.45, 2.75) is 52.1 Å². The molecule has 5 rings (SSSR count). The number of nitrogen functional groups attached to an aromatic ring is 1. The number of anilines is 1. The predicted octanol–water partition coefficient (Wildman–Crippen LogP) is 2.97. The Labute approximate surface area is 192 Å². The van der Waals surface area contributed by atoms with E-state index in [-0.39, 0.29) is 17.6 Å². The molecule has 0 saturated heterocycles. The molecule has 0 spiro atoms. The summed E-state index contributed by atoms with van der Waals surface area (Å²) in [7, 11) is 0. The largest absolute Gasteiger partial charge is 0.465 e. The number of fused-ring (bicyclic) bond motifs is 2. The van der Waals surface area contributed by atoms with Gasteiger partial charge in [-0.2, -0.15) is 0 Å². The van der Waals surface area contributed by atoms with Crippen LogP contribution in [0.4, 0.5) is 5.82 Å². The second-order valence-corrected chi connectivity index (χ2v) is 8.65. The van der Waals surface area contributed by atoms with Crippen molar-refractivity contribution >= 4 is 17.6 Å². The normalized spacial score (nSPS) is 15.0. The van der Waals surface area contributed by atoms with Crippen LogP contribution in [0.15, 0.2) is 34.9 Å². The van der Waals surface area contributed by atoms with Crippen molar-refractivity contribution in [3.63, 3.8) is 0 Å². The number of carbonyl (C=O) groups is 2. The lowest BCUT2D eigenvalue weighted by Crippen LogP contribution is -2.37. The Hall–Kier alpha value is -3.68. The van der Waals surface area contributed by atoms with Gasteiger partial charge in [0.2, 0.25) is 0 Å². The Morgan fingerprint density at radius 1 is 1.21 bits per heavy atom. The highest BCUT2D eigenvalue weighted by molar-refractivity contribution is 5.99. The van der Waals surface area contributed by atoms with Crippen LogP contribution in [0.2, 0.25) is 0 Å². The first-order chi connectivity index (χ1) is 16.0. The summed E-state index contributed by atoms with van der Waals surface area (Å²) in [6, 6.07) is 7.30. The minimum atomic E-state index is -0.309. The number of hydrogen-bond donors (Lipinski definition) is 2. The standard InChI is InChI=1S/C25H27N5O3/c1-15-22(18-7-2-3-8-21(18)33-15)25(32)30-11-9-20-16(14-30)12-19(23(26)29-20)24(31)28-13-17-6-4-5-10-27-17/h4-6,10,12H,2-3,7-9,11,13-14H2,1H3,(H2,26,29)(H,28,31). The van der Waals surface area contributed by atoms with Gasteiger partial charge in [0.1, 0.15) is 17.3 Å². The predicted molar refractivity (Wildman–Crippen MR) is 123 cm³/mol. The van der Waals surface area contributed by atoms with Crippen molar-refractivity contribution < 1.29 is 14.0 Å². The molecule has 3 aromatic rings. The maximum absolute atomic E-state index is 13.4. The van der Waals surface area contributed by atoms with Crippen LogP contribution < -0.4 is 11.1 Å². The van der Waals surface area contributed by atoms with Crippen molar-refractivity contribution in [1.29, 1.82) is 0 Å². The SMILES string of the molecule is Cc1oc2c(c1C(=O)N1CCc3nc(N)c(C(=O)NCc4ccccn4)cc3C1)CCCC2. The molecule has 3 aromatic heterocycles. The van der Waals surface area contributed by atoms with Gasteiger partial charge < -0.3 is 20.4 Å². The molecule has 3 N–H and O–H groups in total. The summed E-state index contributed by atoms with van der Waals surface area (Å²) in [6.07, 6.45) is 6.24. The summed E-state index contributed by atoms with van der Waals surface area (Å²) in [5.74, 6) is 1.54. The third kappa shape index (κ3) is 4.08. The summed E-state index contributed by atoms with van der Waals surface area (Å²) < 4.78 is 5.91. The van der Waals surface area contributed by atoms with Crippen LogP contribution in [0.25, 0.3) is 0 Å². The van der Waals surface area contributed by atoms with Gasteiger partial charge in [-0.15, -0.1) is 0 Å². The van der Waals surface area contributed by atoms with Crippen molar-refractivity contribution in [2.75, 3.05) is 12.3 Å². The van der Waals surface area contributed by atoms with Gasteiger partial charge in [-0.05, 0) is 49.9 Å². The van der Waals surface area contributed by atoms with Crippen LogP contribution in [0.5, 0.6) is 0 Å². The lowest BCUT2D eigenvalue weighted by Gasteiger charge is -2.29. The van der Waals surface area contributed by atoms with Crippen molar-refractivity contribution in [3.8, 4) is 0 Å². The summed E-state index contributed by atoms with van der Waals surface area (Å²) >= 11 is 0. The molecule has 0 bridgehead atoms. The summed E-state index contributed by atoms with van der Waals surface area (Å²) in [5.41, 5.74) is 10.6. The third-order valence-electron chi connectivity index (χ3n) is 6.45. The van der Waals surface area contributed by atoms with E-state index in [9.17, 15) is 9.59 Å². The summed E-state index contributed by atoms with van der Waals surface area (Å²) in [6.45, 7) is 3.12. The highest BCUT2D eigenvalue weighted by Crippen LogP contribution is 2.32. The third-order valence-corrected chi connectivity index (χ3v) is 6.45. The van der Waals surface area contributed by atoms with Crippen LogP contribution in [-0.4, -0.2) is 33.2 Å². The van der Waals surface area contributed by atoms with Gasteiger partial charge in [-0.1, -0.05) is 6.07 Å². The number of pyridine rings is 2. The molecule has 2 aliphatic rings. The van der Waals surface area contributed by atoms with E-state index in [4.69, 9.17) is 10.2 Å². The molecule has 0 radical (unpaired) electrons. The molecule has 8 nitrogen and oxygen atoms in total. The van der Waals surface area contributed by atoms with E-state index >= 15 is 0 Å². The molecule has 2 amide bonds. The average Bonchev–Trinajstić information content (AvgIpc) is 3.17. The molecule has 1 aliphatic heterocycles. The summed E-state index contributed by atoms with van der Waals surface area (Å²) in [4.78, 5) is 36.7. The van der Waals surface area contributed by atoms with Crippen LogP contribution in [-0.2, 0) is 32.4 Å². The Kier molecular flexibility index (Phi) is 5.58. The van der Waals surface area contributed by atoms with E-state index in [0.29, 0.717) is 42.9 Å². The maximum Gasteiger partial charge on any atom is 0.257 e. The monoisotopic (exact) mass is 445 g/mol. The first-order valence-electron chi connectivity index (χ1n) is 11.4. The highest BCUT2D eigenvalue weighted by Gasteiger charge is 2.31. The number of aryl methyl sites for hydroxylation is 2. The zero-order valence-corrected chi connectivity index (χ0v) is 18.7. The van der Waals surface area contributed by atoms with E-state index in [1.807, 2.05) is 30.0 Å². The average molecular weight is 446 g/mol. The molecule has 0 saturated carbocycles. The minimum Gasteiger partial charge on any atom is -0.465 e. The molecule has 1 aliphatic carbocycles. The van der Waals surface area contributed by atoms with Crippen LogP contribution in [0, 0.1) is 6.92 Å². The zero-order valence-electron chi connectivity index (χ0n) is 18.7. The van der Waals surface area contributed by atoms with E-state index in [2.05, 4.69) is 15.3 Å². The quantitative estimate of drug-likeness (QED) is 0.638. The Morgan fingerprint density at radius 2 is 2.06 bits per heavy atom. The van der Waals surface area contributed by atoms with E-state index < -0.39 is 0 Å². The van der Waals surface area contributed by atoms with Crippen LogP contribution >= 0.6 is 0 Å².